The predicted octanol–water partition coefficient (Wildman–Crippen LogP) is 1.66. The van der Waals surface area contributed by atoms with Gasteiger partial charge in [-0.05, 0) is 32.1 Å². The Morgan fingerprint density at radius 3 is 2.79 bits per heavy atom. The molecule has 3 heteroatoms. The van der Waals surface area contributed by atoms with Gasteiger partial charge >= 0.3 is 5.97 Å². The molecule has 0 amide bonds. The van der Waals surface area contributed by atoms with E-state index in [0.717, 1.165) is 12.8 Å². The lowest BCUT2D eigenvalue weighted by Crippen LogP contribution is -2.29. The minimum atomic E-state index is -0.854. The van der Waals surface area contributed by atoms with Crippen molar-refractivity contribution in [1.29, 1.82) is 0 Å². The Morgan fingerprint density at radius 1 is 1.71 bits per heavy atom. The Labute approximate surface area is 84.8 Å². The van der Waals surface area contributed by atoms with Crippen molar-refractivity contribution in [3.05, 3.63) is 12.7 Å². The molecule has 1 N–H and O–H groups in total. The van der Waals surface area contributed by atoms with Gasteiger partial charge in [0.15, 0.2) is 0 Å². The fourth-order valence-electron chi connectivity index (χ4n) is 1.59. The van der Waals surface area contributed by atoms with Crippen LogP contribution in [-0.2, 0) is 9.53 Å². The highest BCUT2D eigenvalue weighted by molar-refractivity contribution is 5.69. The molecule has 0 aromatic heterocycles. The lowest BCUT2D eigenvalue weighted by molar-refractivity contribution is -0.144. The predicted molar refractivity (Wildman–Crippen MR) is 53.7 cm³/mol. The van der Waals surface area contributed by atoms with Crippen LogP contribution < -0.4 is 0 Å². The summed E-state index contributed by atoms with van der Waals surface area (Å²) in [5.74, 6) is 0.0582. The number of hydrogen-bond acceptors (Lipinski definition) is 3. The number of esters is 1. The van der Waals surface area contributed by atoms with Crippen molar-refractivity contribution in [3.8, 4) is 0 Å². The van der Waals surface area contributed by atoms with Gasteiger partial charge in [0.25, 0.3) is 0 Å². The zero-order valence-corrected chi connectivity index (χ0v) is 8.66. The molecule has 1 rings (SSSR count). The van der Waals surface area contributed by atoms with Gasteiger partial charge in [-0.25, -0.2) is 0 Å². The summed E-state index contributed by atoms with van der Waals surface area (Å²) in [7, 11) is 0. The molecule has 1 saturated carbocycles. The van der Waals surface area contributed by atoms with Crippen LogP contribution in [0.1, 0.15) is 32.6 Å². The van der Waals surface area contributed by atoms with E-state index in [2.05, 4.69) is 6.58 Å². The van der Waals surface area contributed by atoms with Crippen molar-refractivity contribution in [2.24, 2.45) is 5.92 Å². The minimum Gasteiger partial charge on any atom is -0.466 e. The second-order valence-electron chi connectivity index (χ2n) is 3.77. The van der Waals surface area contributed by atoms with Crippen LogP contribution in [0.5, 0.6) is 0 Å². The lowest BCUT2D eigenvalue weighted by atomic mass is 9.92. The normalized spacial score (nSPS) is 19.9. The summed E-state index contributed by atoms with van der Waals surface area (Å²) in [6.45, 7) is 5.79. The average molecular weight is 198 g/mol. The molecule has 0 bridgehead atoms. The maximum Gasteiger partial charge on any atom is 0.305 e. The first-order valence-electron chi connectivity index (χ1n) is 5.14. The molecule has 1 aliphatic carbocycles. The molecule has 0 spiro atoms. The summed E-state index contributed by atoms with van der Waals surface area (Å²) in [5.41, 5.74) is -0.854. The van der Waals surface area contributed by atoms with Gasteiger partial charge in [-0.15, -0.1) is 6.58 Å². The highest BCUT2D eigenvalue weighted by Crippen LogP contribution is 2.42. The Kier molecular flexibility index (Phi) is 3.69. The van der Waals surface area contributed by atoms with E-state index < -0.39 is 5.60 Å². The van der Waals surface area contributed by atoms with E-state index in [0.29, 0.717) is 18.9 Å². The van der Waals surface area contributed by atoms with E-state index in [9.17, 15) is 9.90 Å². The van der Waals surface area contributed by atoms with E-state index in [1.807, 2.05) is 0 Å². The Bertz CT molecular complexity index is 221. The van der Waals surface area contributed by atoms with E-state index in [1.165, 1.54) is 0 Å². The third kappa shape index (κ3) is 2.84. The number of aliphatic hydroxyl groups is 1. The molecule has 0 aromatic rings. The van der Waals surface area contributed by atoms with E-state index >= 15 is 0 Å². The molecule has 0 radical (unpaired) electrons. The molecule has 0 heterocycles. The molecule has 0 aromatic carbocycles. The average Bonchev–Trinajstić information content (AvgIpc) is 2.98. The molecule has 14 heavy (non-hydrogen) atoms. The van der Waals surface area contributed by atoms with Gasteiger partial charge in [-0.1, -0.05) is 6.08 Å². The number of carbonyl (C=O) groups excluding carboxylic acids is 1. The SMILES string of the molecule is C=CC(O)(CCC(=O)OCC)C1CC1. The molecule has 3 nitrogen and oxygen atoms in total. The molecular formula is C11H18O3. The van der Waals surface area contributed by atoms with Crippen molar-refractivity contribution in [2.45, 2.75) is 38.2 Å². The molecular weight excluding hydrogens is 180 g/mol. The van der Waals surface area contributed by atoms with Crippen LogP contribution in [0.25, 0.3) is 0 Å². The fraction of sp³-hybridized carbons (Fsp3) is 0.727. The van der Waals surface area contributed by atoms with Gasteiger partial charge in [0.2, 0.25) is 0 Å². The first-order valence-corrected chi connectivity index (χ1v) is 5.14. The third-order valence-electron chi connectivity index (χ3n) is 2.67. The molecule has 1 aliphatic rings. The number of carbonyl (C=O) groups is 1. The first-order chi connectivity index (χ1) is 6.62. The van der Waals surface area contributed by atoms with Crippen LogP contribution in [0.3, 0.4) is 0 Å². The molecule has 1 atom stereocenters. The maximum absolute atomic E-state index is 11.1. The molecule has 1 fully saturated rings. The zero-order valence-electron chi connectivity index (χ0n) is 8.66. The topological polar surface area (TPSA) is 46.5 Å². The number of ether oxygens (including phenoxy) is 1. The van der Waals surface area contributed by atoms with Crippen LogP contribution in [0.2, 0.25) is 0 Å². The second kappa shape index (κ2) is 4.60. The van der Waals surface area contributed by atoms with Crippen molar-refractivity contribution < 1.29 is 14.6 Å². The van der Waals surface area contributed by atoms with Gasteiger partial charge in [0, 0.05) is 6.42 Å². The summed E-state index contributed by atoms with van der Waals surface area (Å²) in [6, 6.07) is 0. The zero-order chi connectivity index (χ0) is 10.6. The maximum atomic E-state index is 11.1. The fourth-order valence-corrected chi connectivity index (χ4v) is 1.59. The van der Waals surface area contributed by atoms with Crippen LogP contribution in [0, 0.1) is 5.92 Å². The summed E-state index contributed by atoms with van der Waals surface area (Å²) in [6.07, 6.45) is 4.33. The van der Waals surface area contributed by atoms with Crippen molar-refractivity contribution in [3.63, 3.8) is 0 Å². The summed E-state index contributed by atoms with van der Waals surface area (Å²) >= 11 is 0. The summed E-state index contributed by atoms with van der Waals surface area (Å²) in [5, 5.41) is 10.1. The van der Waals surface area contributed by atoms with Gasteiger partial charge < -0.3 is 9.84 Å². The first kappa shape index (κ1) is 11.2. The molecule has 1 unspecified atom stereocenters. The monoisotopic (exact) mass is 198 g/mol. The molecule has 80 valence electrons. The van der Waals surface area contributed by atoms with Crippen LogP contribution in [0.4, 0.5) is 0 Å². The van der Waals surface area contributed by atoms with Gasteiger partial charge in [-0.3, -0.25) is 4.79 Å². The highest BCUT2D eigenvalue weighted by atomic mass is 16.5. The summed E-state index contributed by atoms with van der Waals surface area (Å²) < 4.78 is 4.80. The number of rotatable bonds is 6. The van der Waals surface area contributed by atoms with Crippen molar-refractivity contribution in [1.82, 2.24) is 0 Å². The molecule has 0 saturated heterocycles. The Hall–Kier alpha value is -0.830. The van der Waals surface area contributed by atoms with Crippen molar-refractivity contribution >= 4 is 5.97 Å². The largest absolute Gasteiger partial charge is 0.466 e. The third-order valence-corrected chi connectivity index (χ3v) is 2.67. The van der Waals surface area contributed by atoms with E-state index in [4.69, 9.17) is 4.74 Å². The highest BCUT2D eigenvalue weighted by Gasteiger charge is 2.41. The molecule has 0 aliphatic heterocycles. The van der Waals surface area contributed by atoms with Crippen LogP contribution >= 0.6 is 0 Å². The van der Waals surface area contributed by atoms with Gasteiger partial charge in [0.1, 0.15) is 0 Å². The lowest BCUT2D eigenvalue weighted by Gasteiger charge is -2.23. The van der Waals surface area contributed by atoms with Crippen LogP contribution in [-0.4, -0.2) is 23.3 Å². The smallest absolute Gasteiger partial charge is 0.305 e. The van der Waals surface area contributed by atoms with E-state index in [-0.39, 0.29) is 12.4 Å². The standard InChI is InChI=1S/C11H18O3/c1-3-11(13,9-5-6-9)8-7-10(12)14-4-2/h3,9,13H,1,4-8H2,2H3. The quantitative estimate of drug-likeness (QED) is 0.521. The van der Waals surface area contributed by atoms with Gasteiger partial charge in [-0.2, -0.15) is 0 Å². The Balaban J connectivity index is 2.33. The number of hydrogen-bond donors (Lipinski definition) is 1. The van der Waals surface area contributed by atoms with Crippen LogP contribution in [0.15, 0.2) is 12.7 Å². The Morgan fingerprint density at radius 2 is 2.36 bits per heavy atom. The van der Waals surface area contributed by atoms with Gasteiger partial charge in [0.05, 0.1) is 12.2 Å². The van der Waals surface area contributed by atoms with E-state index in [1.54, 1.807) is 13.0 Å². The minimum absolute atomic E-state index is 0.242. The second-order valence-corrected chi connectivity index (χ2v) is 3.77. The van der Waals surface area contributed by atoms with Crippen molar-refractivity contribution in [2.75, 3.05) is 6.61 Å². The summed E-state index contributed by atoms with van der Waals surface area (Å²) in [4.78, 5) is 11.1.